The van der Waals surface area contributed by atoms with Crippen LogP contribution in [0.1, 0.15) is 25.3 Å². The zero-order valence-electron chi connectivity index (χ0n) is 11.6. The molecule has 0 radical (unpaired) electrons. The Morgan fingerprint density at radius 2 is 2.05 bits per heavy atom. The third-order valence-electron chi connectivity index (χ3n) is 2.89. The molecular formula is C14H19FN2O3. The Morgan fingerprint density at radius 1 is 1.40 bits per heavy atom. The number of nitrogens with zero attached hydrogens (tertiary/aromatic N) is 1. The molecule has 0 fully saturated rings. The second-order valence-electron chi connectivity index (χ2n) is 4.58. The van der Waals surface area contributed by atoms with E-state index in [1.807, 2.05) is 6.92 Å². The fraction of sp³-hybridized carbons (Fsp3) is 0.429. The van der Waals surface area contributed by atoms with Crippen LogP contribution in [-0.4, -0.2) is 35.1 Å². The van der Waals surface area contributed by atoms with Gasteiger partial charge in [0.2, 0.25) is 0 Å². The summed E-state index contributed by atoms with van der Waals surface area (Å²) in [5.74, 6) is -1.46. The molecule has 5 nitrogen and oxygen atoms in total. The second kappa shape index (κ2) is 7.47. The van der Waals surface area contributed by atoms with Crippen molar-refractivity contribution in [3.05, 3.63) is 35.6 Å². The van der Waals surface area contributed by atoms with Gasteiger partial charge < -0.3 is 15.3 Å². The smallest absolute Gasteiger partial charge is 0.326 e. The molecule has 0 bridgehead atoms. The van der Waals surface area contributed by atoms with E-state index in [9.17, 15) is 14.0 Å². The summed E-state index contributed by atoms with van der Waals surface area (Å²) in [5, 5.41) is 11.4. The Labute approximate surface area is 117 Å². The van der Waals surface area contributed by atoms with Crippen LogP contribution in [0.4, 0.5) is 9.18 Å². The predicted molar refractivity (Wildman–Crippen MR) is 72.7 cm³/mol. The Hall–Kier alpha value is -2.11. The summed E-state index contributed by atoms with van der Waals surface area (Å²) in [4.78, 5) is 24.1. The number of hydrogen-bond donors (Lipinski definition) is 2. The van der Waals surface area contributed by atoms with Crippen molar-refractivity contribution in [1.29, 1.82) is 0 Å². The van der Waals surface area contributed by atoms with Crippen LogP contribution in [0.2, 0.25) is 0 Å². The van der Waals surface area contributed by atoms with Crippen molar-refractivity contribution >= 4 is 12.0 Å². The minimum absolute atomic E-state index is 0.0803. The highest BCUT2D eigenvalue weighted by Gasteiger charge is 2.21. The molecule has 0 spiro atoms. The summed E-state index contributed by atoms with van der Waals surface area (Å²) in [6.45, 7) is 1.92. The quantitative estimate of drug-likeness (QED) is 0.840. The van der Waals surface area contributed by atoms with Gasteiger partial charge in [-0.1, -0.05) is 31.5 Å². The maximum Gasteiger partial charge on any atom is 0.326 e. The molecule has 0 heterocycles. The van der Waals surface area contributed by atoms with E-state index < -0.39 is 23.9 Å². The molecule has 0 aromatic heterocycles. The number of carboxylic acids is 1. The van der Waals surface area contributed by atoms with E-state index in [-0.39, 0.29) is 6.54 Å². The summed E-state index contributed by atoms with van der Waals surface area (Å²) in [5.41, 5.74) is 0.382. The second-order valence-corrected chi connectivity index (χ2v) is 4.58. The molecule has 1 unspecified atom stereocenters. The fourth-order valence-electron chi connectivity index (χ4n) is 1.76. The Kier molecular flexibility index (Phi) is 5.96. The average molecular weight is 282 g/mol. The monoisotopic (exact) mass is 282 g/mol. The number of hydrogen-bond acceptors (Lipinski definition) is 2. The minimum Gasteiger partial charge on any atom is -0.480 e. The highest BCUT2D eigenvalue weighted by molar-refractivity contribution is 5.82. The van der Waals surface area contributed by atoms with Crippen LogP contribution in [-0.2, 0) is 11.3 Å². The zero-order valence-corrected chi connectivity index (χ0v) is 11.6. The van der Waals surface area contributed by atoms with E-state index in [4.69, 9.17) is 5.11 Å². The van der Waals surface area contributed by atoms with Crippen LogP contribution in [0.25, 0.3) is 0 Å². The molecule has 0 saturated heterocycles. The van der Waals surface area contributed by atoms with E-state index in [0.29, 0.717) is 18.4 Å². The topological polar surface area (TPSA) is 69.6 Å². The number of carboxylic acid groups (broad SMARTS) is 1. The van der Waals surface area contributed by atoms with Gasteiger partial charge in [-0.2, -0.15) is 0 Å². The van der Waals surface area contributed by atoms with E-state index in [0.717, 1.165) is 0 Å². The first-order valence-electron chi connectivity index (χ1n) is 6.43. The van der Waals surface area contributed by atoms with Gasteiger partial charge >= 0.3 is 12.0 Å². The lowest BCUT2D eigenvalue weighted by Gasteiger charge is -2.21. The van der Waals surface area contributed by atoms with Crippen molar-refractivity contribution in [2.24, 2.45) is 0 Å². The van der Waals surface area contributed by atoms with E-state index in [1.54, 1.807) is 18.2 Å². The summed E-state index contributed by atoms with van der Waals surface area (Å²) in [6.07, 6.45) is 1.00. The summed E-state index contributed by atoms with van der Waals surface area (Å²) >= 11 is 0. The molecule has 6 heteroatoms. The van der Waals surface area contributed by atoms with Crippen molar-refractivity contribution in [2.45, 2.75) is 32.4 Å². The largest absolute Gasteiger partial charge is 0.480 e. The van der Waals surface area contributed by atoms with Crippen molar-refractivity contribution < 1.29 is 19.1 Å². The van der Waals surface area contributed by atoms with Gasteiger partial charge in [0.05, 0.1) is 0 Å². The first-order chi connectivity index (χ1) is 9.45. The van der Waals surface area contributed by atoms with Crippen molar-refractivity contribution in [1.82, 2.24) is 10.2 Å². The fourth-order valence-corrected chi connectivity index (χ4v) is 1.76. The number of benzene rings is 1. The van der Waals surface area contributed by atoms with Gasteiger partial charge in [-0.3, -0.25) is 0 Å². The summed E-state index contributed by atoms with van der Waals surface area (Å²) < 4.78 is 13.5. The third kappa shape index (κ3) is 4.53. The van der Waals surface area contributed by atoms with Gasteiger partial charge in [-0.15, -0.1) is 0 Å². The van der Waals surface area contributed by atoms with Gasteiger partial charge in [-0.25, -0.2) is 14.0 Å². The molecule has 0 aliphatic carbocycles. The molecule has 0 aliphatic heterocycles. The lowest BCUT2D eigenvalue weighted by molar-refractivity contribution is -0.139. The van der Waals surface area contributed by atoms with Crippen LogP contribution in [0.5, 0.6) is 0 Å². The van der Waals surface area contributed by atoms with Gasteiger partial charge in [-0.05, 0) is 12.5 Å². The molecule has 2 amide bonds. The maximum absolute atomic E-state index is 13.5. The maximum atomic E-state index is 13.5. The summed E-state index contributed by atoms with van der Waals surface area (Å²) in [7, 11) is 1.49. The molecule has 1 atom stereocenters. The van der Waals surface area contributed by atoms with E-state index >= 15 is 0 Å². The standard InChI is InChI=1S/C14H19FN2O3/c1-3-6-12(13(18)19)16-14(20)17(2)9-10-7-4-5-8-11(10)15/h4-5,7-8,12H,3,6,9H2,1-2H3,(H,16,20)(H,18,19). The SMILES string of the molecule is CCCC(NC(=O)N(C)Cc1ccccc1F)C(=O)O. The minimum atomic E-state index is -1.07. The van der Waals surface area contributed by atoms with Crippen LogP contribution in [0.3, 0.4) is 0 Å². The van der Waals surface area contributed by atoms with Crippen LogP contribution in [0.15, 0.2) is 24.3 Å². The van der Waals surface area contributed by atoms with E-state index in [1.165, 1.54) is 18.0 Å². The lowest BCUT2D eigenvalue weighted by Crippen LogP contribution is -2.46. The number of rotatable bonds is 6. The van der Waals surface area contributed by atoms with Crippen molar-refractivity contribution in [3.8, 4) is 0 Å². The highest BCUT2D eigenvalue weighted by Crippen LogP contribution is 2.09. The highest BCUT2D eigenvalue weighted by atomic mass is 19.1. The lowest BCUT2D eigenvalue weighted by atomic mass is 10.1. The Morgan fingerprint density at radius 3 is 2.60 bits per heavy atom. The Bertz CT molecular complexity index is 479. The van der Waals surface area contributed by atoms with Gasteiger partial charge in [0.15, 0.2) is 0 Å². The normalized spacial score (nSPS) is 11.8. The number of carbonyl (C=O) groups is 2. The average Bonchev–Trinajstić information content (AvgIpc) is 2.40. The number of halogens is 1. The Balaban J connectivity index is 2.63. The molecule has 20 heavy (non-hydrogen) atoms. The molecule has 2 N–H and O–H groups in total. The molecule has 1 aromatic rings. The zero-order chi connectivity index (χ0) is 15.1. The number of aliphatic carboxylic acids is 1. The first-order valence-corrected chi connectivity index (χ1v) is 6.43. The molecule has 1 rings (SSSR count). The van der Waals surface area contributed by atoms with Crippen LogP contribution in [0, 0.1) is 5.82 Å². The molecule has 110 valence electrons. The number of amides is 2. The van der Waals surface area contributed by atoms with Crippen LogP contribution >= 0.6 is 0 Å². The molecule has 0 aliphatic rings. The van der Waals surface area contributed by atoms with Gasteiger partial charge in [0.25, 0.3) is 0 Å². The third-order valence-corrected chi connectivity index (χ3v) is 2.89. The van der Waals surface area contributed by atoms with Gasteiger partial charge in [0.1, 0.15) is 11.9 Å². The molecule has 0 saturated carbocycles. The molecule has 1 aromatic carbocycles. The van der Waals surface area contributed by atoms with Crippen molar-refractivity contribution in [3.63, 3.8) is 0 Å². The number of urea groups is 1. The predicted octanol–water partition coefficient (Wildman–Crippen LogP) is 2.22. The number of carbonyl (C=O) groups excluding carboxylic acids is 1. The molecular weight excluding hydrogens is 263 g/mol. The van der Waals surface area contributed by atoms with Gasteiger partial charge in [0, 0.05) is 19.2 Å². The first kappa shape index (κ1) is 15.9. The van der Waals surface area contributed by atoms with Crippen LogP contribution < -0.4 is 5.32 Å². The summed E-state index contributed by atoms with van der Waals surface area (Å²) in [6, 6.07) is 4.70. The van der Waals surface area contributed by atoms with E-state index in [2.05, 4.69) is 5.32 Å². The van der Waals surface area contributed by atoms with Crippen molar-refractivity contribution in [2.75, 3.05) is 7.05 Å². The number of nitrogens with one attached hydrogen (secondary N) is 1.